The molecule has 1 aliphatic rings. The average molecular weight is 402 g/mol. The Balaban J connectivity index is 1.46. The van der Waals surface area contributed by atoms with E-state index in [1.807, 2.05) is 53.4 Å². The number of ether oxygens (including phenoxy) is 1. The fourth-order valence-electron chi connectivity index (χ4n) is 2.98. The van der Waals surface area contributed by atoms with Gasteiger partial charge in [0.2, 0.25) is 5.91 Å². The molecule has 1 fully saturated rings. The number of nitrogens with zero attached hydrogens (tertiary/aromatic N) is 3. The first kappa shape index (κ1) is 19.8. The van der Waals surface area contributed by atoms with Crippen molar-refractivity contribution in [3.05, 3.63) is 53.6 Å². The molecule has 0 unspecified atom stereocenters. The van der Waals surface area contributed by atoms with Crippen LogP contribution in [-0.4, -0.2) is 56.6 Å². The highest BCUT2D eigenvalue weighted by Crippen LogP contribution is 2.19. The topological polar surface area (TPSA) is 83.2 Å². The van der Waals surface area contributed by atoms with Crippen LogP contribution in [0.2, 0.25) is 5.02 Å². The summed E-state index contributed by atoms with van der Waals surface area (Å²) in [6.07, 6.45) is 0. The minimum Gasteiger partial charge on any atom is -0.497 e. The fraction of sp³-hybridized carbons (Fsp3) is 0.300. The van der Waals surface area contributed by atoms with Crippen molar-refractivity contribution < 1.29 is 9.53 Å². The van der Waals surface area contributed by atoms with Crippen molar-refractivity contribution in [3.8, 4) is 5.75 Å². The number of nitrogens with one attached hydrogen (secondary N) is 1. The summed E-state index contributed by atoms with van der Waals surface area (Å²) in [6.45, 7) is 2.88. The van der Waals surface area contributed by atoms with E-state index in [4.69, 9.17) is 22.1 Å². The van der Waals surface area contributed by atoms with Crippen molar-refractivity contribution in [1.82, 2.24) is 4.90 Å². The van der Waals surface area contributed by atoms with E-state index in [0.29, 0.717) is 13.1 Å². The molecule has 0 bridgehead atoms. The predicted molar refractivity (Wildman–Crippen MR) is 113 cm³/mol. The third kappa shape index (κ3) is 5.29. The number of aliphatic imine (C=N–C) groups is 1. The lowest BCUT2D eigenvalue weighted by Gasteiger charge is -2.36. The maximum absolute atomic E-state index is 12.4. The monoisotopic (exact) mass is 401 g/mol. The number of amides is 1. The van der Waals surface area contributed by atoms with Gasteiger partial charge in [0.05, 0.1) is 7.11 Å². The summed E-state index contributed by atoms with van der Waals surface area (Å²) < 4.78 is 5.11. The molecule has 8 heteroatoms. The van der Waals surface area contributed by atoms with Crippen LogP contribution in [0.3, 0.4) is 0 Å². The van der Waals surface area contributed by atoms with E-state index < -0.39 is 0 Å². The van der Waals surface area contributed by atoms with Gasteiger partial charge in [-0.2, -0.15) is 0 Å². The number of carbonyl (C=O) groups is 1. The van der Waals surface area contributed by atoms with Crippen LogP contribution in [0.25, 0.3) is 0 Å². The number of guanidine groups is 1. The van der Waals surface area contributed by atoms with Crippen LogP contribution in [0.15, 0.2) is 53.5 Å². The maximum Gasteiger partial charge on any atom is 0.244 e. The number of anilines is 2. The molecule has 3 N–H and O–H groups in total. The van der Waals surface area contributed by atoms with Gasteiger partial charge in [-0.15, -0.1) is 0 Å². The zero-order chi connectivity index (χ0) is 19.9. The molecule has 28 heavy (non-hydrogen) atoms. The summed E-state index contributed by atoms with van der Waals surface area (Å²) in [6, 6.07) is 15.1. The van der Waals surface area contributed by atoms with Crippen molar-refractivity contribution in [3.63, 3.8) is 0 Å². The molecule has 0 aliphatic carbocycles. The normalized spacial score (nSPS) is 14.7. The fourth-order valence-corrected chi connectivity index (χ4v) is 3.11. The van der Waals surface area contributed by atoms with Gasteiger partial charge in [0.25, 0.3) is 0 Å². The highest BCUT2D eigenvalue weighted by atomic mass is 35.5. The molecular weight excluding hydrogens is 378 g/mol. The highest BCUT2D eigenvalue weighted by molar-refractivity contribution is 6.30. The number of halogens is 1. The molecule has 0 radical (unpaired) electrons. The van der Waals surface area contributed by atoms with Crippen molar-refractivity contribution in [2.75, 3.05) is 50.1 Å². The smallest absolute Gasteiger partial charge is 0.244 e. The molecule has 2 aromatic carbocycles. The third-order valence-electron chi connectivity index (χ3n) is 4.57. The SMILES string of the molecule is COc1ccc(NC(N)=NCC(=O)N2CCN(c3ccc(Cl)cc3)CC2)cc1. The molecule has 0 atom stereocenters. The van der Waals surface area contributed by atoms with Gasteiger partial charge in [-0.1, -0.05) is 11.6 Å². The van der Waals surface area contributed by atoms with Gasteiger partial charge in [0.1, 0.15) is 12.3 Å². The van der Waals surface area contributed by atoms with Crippen molar-refractivity contribution in [2.45, 2.75) is 0 Å². The summed E-state index contributed by atoms with van der Waals surface area (Å²) >= 11 is 5.94. The summed E-state index contributed by atoms with van der Waals surface area (Å²) in [4.78, 5) is 20.6. The zero-order valence-corrected chi connectivity index (χ0v) is 16.5. The lowest BCUT2D eigenvalue weighted by molar-refractivity contribution is -0.129. The van der Waals surface area contributed by atoms with Crippen LogP contribution in [0.4, 0.5) is 11.4 Å². The Bertz CT molecular complexity index is 815. The Labute approximate surface area is 169 Å². The Morgan fingerprint density at radius 3 is 2.36 bits per heavy atom. The summed E-state index contributed by atoms with van der Waals surface area (Å²) in [7, 11) is 1.61. The van der Waals surface area contributed by atoms with E-state index in [1.54, 1.807) is 7.11 Å². The highest BCUT2D eigenvalue weighted by Gasteiger charge is 2.21. The Hall–Kier alpha value is -2.93. The molecule has 0 saturated carbocycles. The van der Waals surface area contributed by atoms with E-state index in [0.717, 1.165) is 35.2 Å². The van der Waals surface area contributed by atoms with Gasteiger partial charge in [-0.25, -0.2) is 4.99 Å². The number of methoxy groups -OCH3 is 1. The van der Waals surface area contributed by atoms with Gasteiger partial charge in [0.15, 0.2) is 5.96 Å². The van der Waals surface area contributed by atoms with E-state index in [2.05, 4.69) is 15.2 Å². The van der Waals surface area contributed by atoms with E-state index in [1.165, 1.54) is 0 Å². The standard InChI is InChI=1S/C20H24ClN5O2/c1-28-18-8-4-16(5-9-18)24-20(22)23-14-19(27)26-12-10-25(11-13-26)17-6-2-15(21)3-7-17/h2-9H,10-14H2,1H3,(H3,22,23,24). The van der Waals surface area contributed by atoms with Gasteiger partial charge in [0, 0.05) is 42.6 Å². The molecule has 7 nitrogen and oxygen atoms in total. The Morgan fingerprint density at radius 2 is 1.75 bits per heavy atom. The molecule has 0 aromatic heterocycles. The Kier molecular flexibility index (Phi) is 6.60. The maximum atomic E-state index is 12.4. The first-order valence-electron chi connectivity index (χ1n) is 9.04. The second kappa shape index (κ2) is 9.32. The van der Waals surface area contributed by atoms with Crippen molar-refractivity contribution >= 4 is 34.8 Å². The van der Waals surface area contributed by atoms with Crippen LogP contribution < -0.4 is 20.7 Å². The molecular formula is C20H24ClN5O2. The third-order valence-corrected chi connectivity index (χ3v) is 4.82. The number of hydrogen-bond acceptors (Lipinski definition) is 4. The van der Waals surface area contributed by atoms with Crippen molar-refractivity contribution in [2.24, 2.45) is 10.7 Å². The molecule has 1 aliphatic heterocycles. The molecule has 2 aromatic rings. The zero-order valence-electron chi connectivity index (χ0n) is 15.8. The molecule has 0 spiro atoms. The predicted octanol–water partition coefficient (Wildman–Crippen LogP) is 2.42. The molecule has 1 amide bonds. The number of rotatable bonds is 5. The number of piperazine rings is 1. The van der Waals surface area contributed by atoms with Crippen LogP contribution >= 0.6 is 11.6 Å². The van der Waals surface area contributed by atoms with Gasteiger partial charge < -0.3 is 25.6 Å². The minimum atomic E-state index is -0.0322. The number of carbonyl (C=O) groups excluding carboxylic acids is 1. The summed E-state index contributed by atoms with van der Waals surface area (Å²) in [5, 5.41) is 3.69. The second-order valence-electron chi connectivity index (χ2n) is 6.40. The van der Waals surface area contributed by atoms with E-state index >= 15 is 0 Å². The lowest BCUT2D eigenvalue weighted by atomic mass is 10.2. The Morgan fingerprint density at radius 1 is 1.11 bits per heavy atom. The number of nitrogens with two attached hydrogens (primary N) is 1. The van der Waals surface area contributed by atoms with Gasteiger partial charge in [-0.05, 0) is 48.5 Å². The molecule has 1 saturated heterocycles. The number of benzene rings is 2. The minimum absolute atomic E-state index is 0.0237. The van der Waals surface area contributed by atoms with E-state index in [9.17, 15) is 4.79 Å². The summed E-state index contributed by atoms with van der Waals surface area (Å²) in [5.74, 6) is 0.933. The van der Waals surface area contributed by atoms with Gasteiger partial charge in [-0.3, -0.25) is 4.79 Å². The molecule has 3 rings (SSSR count). The van der Waals surface area contributed by atoms with Crippen LogP contribution in [0.5, 0.6) is 5.75 Å². The van der Waals surface area contributed by atoms with E-state index in [-0.39, 0.29) is 18.4 Å². The first-order valence-corrected chi connectivity index (χ1v) is 9.42. The average Bonchev–Trinajstić information content (AvgIpc) is 2.73. The largest absolute Gasteiger partial charge is 0.497 e. The summed E-state index contributed by atoms with van der Waals surface area (Å²) in [5.41, 5.74) is 7.78. The van der Waals surface area contributed by atoms with Crippen LogP contribution in [0, 0.1) is 0 Å². The molecule has 1 heterocycles. The number of hydrogen-bond donors (Lipinski definition) is 2. The van der Waals surface area contributed by atoms with Crippen LogP contribution in [-0.2, 0) is 4.79 Å². The van der Waals surface area contributed by atoms with Crippen LogP contribution in [0.1, 0.15) is 0 Å². The lowest BCUT2D eigenvalue weighted by Crippen LogP contribution is -2.49. The first-order chi connectivity index (χ1) is 13.5. The van der Waals surface area contributed by atoms with Gasteiger partial charge >= 0.3 is 0 Å². The second-order valence-corrected chi connectivity index (χ2v) is 6.84. The molecule has 148 valence electrons. The quantitative estimate of drug-likeness (QED) is 0.594. The van der Waals surface area contributed by atoms with Crippen molar-refractivity contribution in [1.29, 1.82) is 0 Å².